The van der Waals surface area contributed by atoms with E-state index in [4.69, 9.17) is 5.11 Å². The Balaban J connectivity index is 1.95. The molecule has 1 N–H and O–H groups in total. The van der Waals surface area contributed by atoms with Crippen LogP contribution in [0, 0.1) is 11.8 Å². The predicted octanol–water partition coefficient (Wildman–Crippen LogP) is 3.02. The summed E-state index contributed by atoms with van der Waals surface area (Å²) in [5.74, 6) is 0.250. The molecule has 0 aromatic carbocycles. The smallest absolute Gasteiger partial charge is 0.339 e. The molecule has 1 aromatic rings. The minimum absolute atomic E-state index is 0.124. The van der Waals surface area contributed by atoms with E-state index < -0.39 is 23.7 Å². The summed E-state index contributed by atoms with van der Waals surface area (Å²) in [5, 5.41) is 8.86. The molecule has 0 amide bonds. The maximum Gasteiger partial charge on any atom is 0.339 e. The fourth-order valence-corrected chi connectivity index (χ4v) is 3.48. The first-order valence-corrected chi connectivity index (χ1v) is 6.44. The summed E-state index contributed by atoms with van der Waals surface area (Å²) in [6.07, 6.45) is 2.52. The minimum Gasteiger partial charge on any atom is -0.478 e. The van der Waals surface area contributed by atoms with Crippen molar-refractivity contribution in [1.82, 2.24) is 9.97 Å². The summed E-state index contributed by atoms with van der Waals surface area (Å²) >= 11 is 0. The van der Waals surface area contributed by atoms with Crippen LogP contribution in [0.1, 0.15) is 59.9 Å². The molecular weight excluding hydrogens is 254 g/mol. The number of carbonyl (C=O) groups is 1. The number of nitrogens with zero attached hydrogens (tertiary/aromatic N) is 2. The molecule has 1 aromatic heterocycles. The number of aromatic nitrogens is 2. The molecule has 1 heterocycles. The zero-order chi connectivity index (χ0) is 13.6. The first-order chi connectivity index (χ1) is 9.06. The van der Waals surface area contributed by atoms with Crippen molar-refractivity contribution in [2.45, 2.75) is 38.0 Å². The Morgan fingerprint density at radius 1 is 1.37 bits per heavy atom. The lowest BCUT2D eigenvalue weighted by molar-refractivity contribution is 0.0681. The van der Waals surface area contributed by atoms with E-state index in [1.54, 1.807) is 0 Å². The molecule has 3 atom stereocenters. The van der Waals surface area contributed by atoms with Gasteiger partial charge in [0.25, 0.3) is 6.43 Å². The van der Waals surface area contributed by atoms with Crippen molar-refractivity contribution in [3.05, 3.63) is 23.3 Å². The van der Waals surface area contributed by atoms with Crippen molar-refractivity contribution < 1.29 is 18.7 Å². The van der Waals surface area contributed by atoms with Crippen LogP contribution in [-0.2, 0) is 0 Å². The summed E-state index contributed by atoms with van der Waals surface area (Å²) in [6, 6.07) is 0. The lowest BCUT2D eigenvalue weighted by Gasteiger charge is -2.20. The van der Waals surface area contributed by atoms with E-state index >= 15 is 0 Å². The van der Waals surface area contributed by atoms with E-state index in [-0.39, 0.29) is 5.92 Å². The van der Waals surface area contributed by atoms with Crippen molar-refractivity contribution in [2.75, 3.05) is 0 Å². The highest BCUT2D eigenvalue weighted by molar-refractivity contribution is 5.88. The molecule has 0 aliphatic heterocycles. The quantitative estimate of drug-likeness (QED) is 0.915. The van der Waals surface area contributed by atoms with E-state index in [1.165, 1.54) is 6.42 Å². The average molecular weight is 268 g/mol. The van der Waals surface area contributed by atoms with Crippen molar-refractivity contribution >= 4 is 5.97 Å². The van der Waals surface area contributed by atoms with Crippen LogP contribution in [0.5, 0.6) is 0 Å². The van der Waals surface area contributed by atoms with Gasteiger partial charge in [-0.15, -0.1) is 0 Å². The van der Waals surface area contributed by atoms with Gasteiger partial charge < -0.3 is 5.11 Å². The molecule has 2 bridgehead atoms. The van der Waals surface area contributed by atoms with Crippen LogP contribution in [0.25, 0.3) is 0 Å². The first kappa shape index (κ1) is 12.4. The maximum atomic E-state index is 12.9. The molecule has 2 aliphatic rings. The summed E-state index contributed by atoms with van der Waals surface area (Å²) in [5.41, 5.74) is -1.15. The molecule has 2 aliphatic carbocycles. The standard InChI is InChI=1S/C13H14F2N2O2/c14-11(15)10-9(13(18)19)5-16-12(17-10)8-4-6-1-2-7(8)3-6/h5-8,11H,1-4H2,(H,18,19). The van der Waals surface area contributed by atoms with Gasteiger partial charge in [-0.3, -0.25) is 0 Å². The molecule has 3 unspecified atom stereocenters. The summed E-state index contributed by atoms with van der Waals surface area (Å²) in [6.45, 7) is 0. The molecule has 2 saturated carbocycles. The van der Waals surface area contributed by atoms with Crippen molar-refractivity contribution in [2.24, 2.45) is 11.8 Å². The lowest BCUT2D eigenvalue weighted by atomic mass is 9.88. The SMILES string of the molecule is O=C(O)c1cnc(C2CC3CCC2C3)nc1C(F)F. The Morgan fingerprint density at radius 3 is 2.68 bits per heavy atom. The first-order valence-electron chi connectivity index (χ1n) is 6.44. The van der Waals surface area contributed by atoms with Crippen LogP contribution < -0.4 is 0 Å². The van der Waals surface area contributed by atoms with Crippen molar-refractivity contribution in [1.29, 1.82) is 0 Å². The van der Waals surface area contributed by atoms with Gasteiger partial charge in [-0.2, -0.15) is 0 Å². The molecule has 102 valence electrons. The third kappa shape index (κ3) is 2.09. The van der Waals surface area contributed by atoms with Crippen LogP contribution in [0.3, 0.4) is 0 Å². The average Bonchev–Trinajstić information content (AvgIpc) is 3.00. The van der Waals surface area contributed by atoms with Crippen LogP contribution in [0.15, 0.2) is 6.20 Å². The largest absolute Gasteiger partial charge is 0.478 e. The third-order valence-corrected chi connectivity index (χ3v) is 4.34. The molecule has 0 saturated heterocycles. The maximum absolute atomic E-state index is 12.9. The number of carboxylic acids is 1. The highest BCUT2D eigenvalue weighted by Crippen LogP contribution is 2.52. The van der Waals surface area contributed by atoms with Gasteiger partial charge in [0.15, 0.2) is 0 Å². The Labute approximate surface area is 108 Å². The monoisotopic (exact) mass is 268 g/mol. The number of hydrogen-bond donors (Lipinski definition) is 1. The fourth-order valence-electron chi connectivity index (χ4n) is 3.48. The van der Waals surface area contributed by atoms with Gasteiger partial charge in [0.2, 0.25) is 0 Å². The second-order valence-electron chi connectivity index (χ2n) is 5.41. The summed E-state index contributed by atoms with van der Waals surface area (Å²) < 4.78 is 25.8. The fraction of sp³-hybridized carbons (Fsp3) is 0.615. The zero-order valence-corrected chi connectivity index (χ0v) is 10.2. The molecule has 2 fully saturated rings. The van der Waals surface area contributed by atoms with E-state index in [0.29, 0.717) is 17.7 Å². The predicted molar refractivity (Wildman–Crippen MR) is 62.1 cm³/mol. The molecule has 0 spiro atoms. The minimum atomic E-state index is -2.88. The molecule has 19 heavy (non-hydrogen) atoms. The van der Waals surface area contributed by atoms with Gasteiger partial charge in [-0.1, -0.05) is 6.42 Å². The highest BCUT2D eigenvalue weighted by atomic mass is 19.3. The molecule has 0 radical (unpaired) electrons. The van der Waals surface area contributed by atoms with Gasteiger partial charge in [-0.05, 0) is 31.1 Å². The van der Waals surface area contributed by atoms with Crippen LogP contribution >= 0.6 is 0 Å². The van der Waals surface area contributed by atoms with Crippen LogP contribution in [-0.4, -0.2) is 21.0 Å². The third-order valence-electron chi connectivity index (χ3n) is 4.34. The molecular formula is C13H14F2N2O2. The number of alkyl halides is 2. The normalized spacial score (nSPS) is 29.1. The highest BCUT2D eigenvalue weighted by Gasteiger charge is 2.42. The number of aromatic carboxylic acids is 1. The van der Waals surface area contributed by atoms with Crippen molar-refractivity contribution in [3.63, 3.8) is 0 Å². The Kier molecular flexibility index (Phi) is 2.95. The van der Waals surface area contributed by atoms with E-state index in [0.717, 1.165) is 25.5 Å². The van der Waals surface area contributed by atoms with Gasteiger partial charge in [0, 0.05) is 12.1 Å². The molecule has 3 rings (SSSR count). The molecule has 4 nitrogen and oxygen atoms in total. The van der Waals surface area contributed by atoms with E-state index in [1.807, 2.05) is 0 Å². The number of halogens is 2. The van der Waals surface area contributed by atoms with Gasteiger partial charge in [0.1, 0.15) is 17.1 Å². The van der Waals surface area contributed by atoms with Crippen molar-refractivity contribution in [3.8, 4) is 0 Å². The summed E-state index contributed by atoms with van der Waals surface area (Å²) in [4.78, 5) is 18.7. The number of rotatable bonds is 3. The van der Waals surface area contributed by atoms with Gasteiger partial charge >= 0.3 is 5.97 Å². The number of hydrogen-bond acceptors (Lipinski definition) is 3. The van der Waals surface area contributed by atoms with Crippen LogP contribution in [0.4, 0.5) is 8.78 Å². The number of carboxylic acid groups (broad SMARTS) is 1. The number of fused-ring (bicyclic) bond motifs is 2. The Bertz CT molecular complexity index is 521. The Hall–Kier alpha value is -1.59. The van der Waals surface area contributed by atoms with Gasteiger partial charge in [0.05, 0.1) is 0 Å². The Morgan fingerprint density at radius 2 is 2.16 bits per heavy atom. The summed E-state index contributed by atoms with van der Waals surface area (Å²) in [7, 11) is 0. The lowest BCUT2D eigenvalue weighted by Crippen LogP contribution is -2.16. The van der Waals surface area contributed by atoms with E-state index in [2.05, 4.69) is 9.97 Å². The topological polar surface area (TPSA) is 63.1 Å². The zero-order valence-electron chi connectivity index (χ0n) is 10.2. The van der Waals surface area contributed by atoms with E-state index in [9.17, 15) is 13.6 Å². The molecule has 6 heteroatoms. The van der Waals surface area contributed by atoms with Gasteiger partial charge in [-0.25, -0.2) is 23.5 Å². The van der Waals surface area contributed by atoms with Crippen LogP contribution in [0.2, 0.25) is 0 Å². The second-order valence-corrected chi connectivity index (χ2v) is 5.41. The second kappa shape index (κ2) is 4.51.